The van der Waals surface area contributed by atoms with Crippen molar-refractivity contribution in [2.75, 3.05) is 6.54 Å². The number of benzene rings is 1. The minimum Gasteiger partial charge on any atom is -0.303 e. The predicted octanol–water partition coefficient (Wildman–Crippen LogP) is 4.06. The first-order chi connectivity index (χ1) is 8.55. The van der Waals surface area contributed by atoms with Crippen molar-refractivity contribution in [2.24, 2.45) is 0 Å². The fourth-order valence-corrected chi connectivity index (χ4v) is 1.57. The predicted molar refractivity (Wildman–Crippen MR) is 53.9 cm³/mol. The van der Waals surface area contributed by atoms with Gasteiger partial charge in [-0.2, -0.15) is 26.3 Å². The molecule has 0 saturated heterocycles. The van der Waals surface area contributed by atoms with E-state index in [-0.39, 0.29) is 12.6 Å². The van der Waals surface area contributed by atoms with Gasteiger partial charge in [-0.05, 0) is 30.3 Å². The molecule has 19 heavy (non-hydrogen) atoms. The molecule has 0 aliphatic rings. The summed E-state index contributed by atoms with van der Waals surface area (Å²) in [6.45, 7) is 1.24. The van der Waals surface area contributed by atoms with Crippen LogP contribution < -0.4 is 5.32 Å². The van der Waals surface area contributed by atoms with Crippen molar-refractivity contribution in [3.8, 4) is 0 Å². The zero-order valence-corrected chi connectivity index (χ0v) is 9.66. The lowest BCUT2D eigenvalue weighted by Gasteiger charge is -2.22. The van der Waals surface area contributed by atoms with Crippen LogP contribution in [0.5, 0.6) is 0 Å². The molecule has 108 valence electrons. The van der Waals surface area contributed by atoms with Crippen LogP contribution in [0.25, 0.3) is 0 Å². The Bertz CT molecular complexity index is 436. The number of hydrogen-bond acceptors (Lipinski definition) is 1. The van der Waals surface area contributed by atoms with Crippen molar-refractivity contribution in [1.82, 2.24) is 5.32 Å². The van der Waals surface area contributed by atoms with Crippen LogP contribution in [0.4, 0.5) is 30.7 Å². The highest BCUT2D eigenvalue weighted by Crippen LogP contribution is 2.36. The van der Waals surface area contributed by atoms with Gasteiger partial charge in [0.25, 0.3) is 0 Å². The Balaban J connectivity index is 3.28. The van der Waals surface area contributed by atoms with Gasteiger partial charge in [-0.1, -0.05) is 6.92 Å². The summed E-state index contributed by atoms with van der Waals surface area (Å²) in [5, 5.41) is 1.99. The lowest BCUT2D eigenvalue weighted by molar-refractivity contribution is -0.158. The Kier molecular flexibility index (Phi) is 4.44. The molecule has 0 saturated carbocycles. The molecule has 0 aliphatic heterocycles. The van der Waals surface area contributed by atoms with E-state index in [1.807, 2.05) is 5.32 Å². The molecular formula is C11H10F7N. The SMILES string of the molecule is CCNC(c1cc(F)cc(C(F)(F)F)c1)C(F)(F)F. The molecule has 1 rings (SSSR count). The van der Waals surface area contributed by atoms with Gasteiger partial charge in [0.15, 0.2) is 0 Å². The summed E-state index contributed by atoms with van der Waals surface area (Å²) < 4.78 is 88.4. The molecule has 0 fully saturated rings. The summed E-state index contributed by atoms with van der Waals surface area (Å²) in [6, 6.07) is -1.45. The molecule has 0 amide bonds. The van der Waals surface area contributed by atoms with Crippen LogP contribution in [0.1, 0.15) is 24.1 Å². The normalized spacial score (nSPS) is 14.5. The molecule has 1 nitrogen and oxygen atoms in total. The summed E-state index contributed by atoms with van der Waals surface area (Å²) in [4.78, 5) is 0. The van der Waals surface area contributed by atoms with Gasteiger partial charge in [-0.25, -0.2) is 4.39 Å². The van der Waals surface area contributed by atoms with E-state index < -0.39 is 35.3 Å². The Morgan fingerprint density at radius 1 is 1.05 bits per heavy atom. The summed E-state index contributed by atoms with van der Waals surface area (Å²) in [6.07, 6.45) is -9.72. The van der Waals surface area contributed by atoms with E-state index in [1.54, 1.807) is 0 Å². The first kappa shape index (κ1) is 15.7. The Morgan fingerprint density at radius 2 is 1.63 bits per heavy atom. The molecule has 0 heterocycles. The van der Waals surface area contributed by atoms with Crippen LogP contribution in [0.3, 0.4) is 0 Å². The molecule has 1 atom stereocenters. The highest BCUT2D eigenvalue weighted by molar-refractivity contribution is 5.30. The van der Waals surface area contributed by atoms with Gasteiger partial charge in [0.05, 0.1) is 5.56 Å². The van der Waals surface area contributed by atoms with Crippen molar-refractivity contribution in [1.29, 1.82) is 0 Å². The largest absolute Gasteiger partial charge is 0.416 e. The monoisotopic (exact) mass is 289 g/mol. The number of nitrogens with one attached hydrogen (secondary N) is 1. The van der Waals surface area contributed by atoms with Crippen molar-refractivity contribution in [3.63, 3.8) is 0 Å². The quantitative estimate of drug-likeness (QED) is 0.827. The minimum atomic E-state index is -4.90. The van der Waals surface area contributed by atoms with Crippen LogP contribution in [0, 0.1) is 5.82 Å². The fourth-order valence-electron chi connectivity index (χ4n) is 1.57. The highest BCUT2D eigenvalue weighted by atomic mass is 19.4. The fraction of sp³-hybridized carbons (Fsp3) is 0.455. The summed E-state index contributed by atoms with van der Waals surface area (Å²) in [7, 11) is 0. The highest BCUT2D eigenvalue weighted by Gasteiger charge is 2.41. The molecule has 1 unspecified atom stereocenters. The van der Waals surface area contributed by atoms with E-state index in [9.17, 15) is 30.7 Å². The summed E-state index contributed by atoms with van der Waals surface area (Å²) in [5.41, 5.74) is -2.25. The van der Waals surface area contributed by atoms with Crippen molar-refractivity contribution in [2.45, 2.75) is 25.3 Å². The zero-order valence-electron chi connectivity index (χ0n) is 9.66. The second kappa shape index (κ2) is 5.36. The van der Waals surface area contributed by atoms with Crippen LogP contribution >= 0.6 is 0 Å². The number of alkyl halides is 6. The Morgan fingerprint density at radius 3 is 2.05 bits per heavy atom. The zero-order chi connectivity index (χ0) is 14.8. The van der Waals surface area contributed by atoms with Gasteiger partial charge in [-0.15, -0.1) is 0 Å². The van der Waals surface area contributed by atoms with Crippen LogP contribution in [-0.2, 0) is 6.18 Å². The molecule has 0 radical (unpaired) electrons. The standard InChI is InChI=1S/C11H10F7N/c1-2-19-9(11(16,17)18)6-3-7(10(13,14)15)5-8(12)4-6/h3-5,9,19H,2H2,1H3. The van der Waals surface area contributed by atoms with E-state index in [2.05, 4.69) is 0 Å². The molecule has 1 N–H and O–H groups in total. The average Bonchev–Trinajstić information content (AvgIpc) is 2.22. The van der Waals surface area contributed by atoms with E-state index in [4.69, 9.17) is 0 Å². The van der Waals surface area contributed by atoms with Crippen molar-refractivity contribution < 1.29 is 30.7 Å². The third kappa shape index (κ3) is 4.09. The maximum Gasteiger partial charge on any atom is 0.416 e. The smallest absolute Gasteiger partial charge is 0.303 e. The van der Waals surface area contributed by atoms with Gasteiger partial charge in [0.2, 0.25) is 0 Å². The molecule has 8 heteroatoms. The first-order valence-corrected chi connectivity index (χ1v) is 5.23. The second-order valence-electron chi connectivity index (χ2n) is 3.80. The van der Waals surface area contributed by atoms with E-state index in [0.29, 0.717) is 12.1 Å². The maximum absolute atomic E-state index is 13.1. The molecule has 0 spiro atoms. The molecule has 1 aromatic rings. The van der Waals surface area contributed by atoms with Gasteiger partial charge < -0.3 is 5.32 Å². The van der Waals surface area contributed by atoms with Crippen LogP contribution in [-0.4, -0.2) is 12.7 Å². The first-order valence-electron chi connectivity index (χ1n) is 5.23. The third-order valence-corrected chi connectivity index (χ3v) is 2.32. The summed E-state index contributed by atoms with van der Waals surface area (Å²) >= 11 is 0. The number of halogens is 7. The average molecular weight is 289 g/mol. The number of rotatable bonds is 3. The molecule has 0 bridgehead atoms. The van der Waals surface area contributed by atoms with E-state index >= 15 is 0 Å². The third-order valence-electron chi connectivity index (χ3n) is 2.32. The summed E-state index contributed by atoms with van der Waals surface area (Å²) in [5.74, 6) is -1.36. The lowest BCUT2D eigenvalue weighted by Crippen LogP contribution is -2.34. The van der Waals surface area contributed by atoms with Gasteiger partial charge in [0, 0.05) is 0 Å². The van der Waals surface area contributed by atoms with E-state index in [1.165, 1.54) is 6.92 Å². The lowest BCUT2D eigenvalue weighted by atomic mass is 10.0. The van der Waals surface area contributed by atoms with Gasteiger partial charge in [-0.3, -0.25) is 0 Å². The van der Waals surface area contributed by atoms with E-state index in [0.717, 1.165) is 0 Å². The molecule has 0 aliphatic carbocycles. The maximum atomic E-state index is 13.1. The van der Waals surface area contributed by atoms with Crippen molar-refractivity contribution in [3.05, 3.63) is 35.1 Å². The molecule has 1 aromatic carbocycles. The van der Waals surface area contributed by atoms with Crippen LogP contribution in [0.2, 0.25) is 0 Å². The van der Waals surface area contributed by atoms with Gasteiger partial charge >= 0.3 is 12.4 Å². The topological polar surface area (TPSA) is 12.0 Å². The molecular weight excluding hydrogens is 279 g/mol. The van der Waals surface area contributed by atoms with Gasteiger partial charge in [0.1, 0.15) is 11.9 Å². The minimum absolute atomic E-state index is 0.123. The Hall–Kier alpha value is -1.31. The second-order valence-corrected chi connectivity index (χ2v) is 3.80. The molecule has 0 aromatic heterocycles. The van der Waals surface area contributed by atoms with Crippen LogP contribution in [0.15, 0.2) is 18.2 Å². The number of hydrogen-bond donors (Lipinski definition) is 1. The Labute approximate surface area is 104 Å². The van der Waals surface area contributed by atoms with Crippen molar-refractivity contribution >= 4 is 0 Å².